The number of carbonyl (C=O) groups excluding carboxylic acids is 1. The molecule has 0 N–H and O–H groups in total. The zero-order chi connectivity index (χ0) is 23.7. The van der Waals surface area contributed by atoms with Crippen LogP contribution >= 0.6 is 0 Å². The zero-order valence-corrected chi connectivity index (χ0v) is 19.9. The van der Waals surface area contributed by atoms with Gasteiger partial charge in [0.25, 0.3) is 0 Å². The molecule has 0 bridgehead atoms. The third kappa shape index (κ3) is 4.18. The number of fused-ring (bicyclic) bond motifs is 1. The quantitative estimate of drug-likeness (QED) is 0.445. The van der Waals surface area contributed by atoms with Crippen molar-refractivity contribution < 1.29 is 4.79 Å². The molecule has 1 aliphatic rings. The molecule has 0 saturated carbocycles. The highest BCUT2D eigenvalue weighted by Crippen LogP contribution is 2.27. The molecule has 1 aliphatic heterocycles. The molecule has 0 radical (unpaired) electrons. The molecule has 5 rings (SSSR count). The van der Waals surface area contributed by atoms with Crippen LogP contribution in [-0.4, -0.2) is 42.8 Å². The maximum Gasteiger partial charge on any atom is 0.346 e. The molecule has 4 aromatic rings. The van der Waals surface area contributed by atoms with Gasteiger partial charge in [0, 0.05) is 49.7 Å². The van der Waals surface area contributed by atoms with Gasteiger partial charge in [0.15, 0.2) is 0 Å². The normalized spacial score (nSPS) is 14.7. The first-order chi connectivity index (χ1) is 16.5. The van der Waals surface area contributed by atoms with Crippen molar-refractivity contribution in [3.05, 3.63) is 88.2 Å². The average molecular weight is 458 g/mol. The molecule has 7 nitrogen and oxygen atoms in total. The van der Waals surface area contributed by atoms with Crippen molar-refractivity contribution in [3.8, 4) is 0 Å². The Labute approximate surface area is 199 Å². The molecule has 7 heteroatoms. The van der Waals surface area contributed by atoms with Crippen molar-refractivity contribution in [2.45, 2.75) is 45.2 Å². The highest BCUT2D eigenvalue weighted by atomic mass is 16.2. The van der Waals surface area contributed by atoms with Crippen LogP contribution in [0.5, 0.6) is 0 Å². The lowest BCUT2D eigenvalue weighted by molar-refractivity contribution is -0.131. The molecule has 0 unspecified atom stereocenters. The van der Waals surface area contributed by atoms with Gasteiger partial charge in [0.1, 0.15) is 5.82 Å². The Morgan fingerprint density at radius 3 is 2.47 bits per heavy atom. The summed E-state index contributed by atoms with van der Waals surface area (Å²) in [6.07, 6.45) is 4.12. The molecule has 0 atom stereocenters. The molecule has 0 spiro atoms. The molecule has 0 aliphatic carbocycles. The molecule has 176 valence electrons. The van der Waals surface area contributed by atoms with Crippen LogP contribution in [0.1, 0.15) is 42.6 Å². The van der Waals surface area contributed by atoms with E-state index in [4.69, 9.17) is 5.10 Å². The lowest BCUT2D eigenvalue weighted by atomic mass is 9.95. The van der Waals surface area contributed by atoms with E-state index < -0.39 is 0 Å². The molecule has 3 heterocycles. The van der Waals surface area contributed by atoms with Gasteiger partial charge in [0.2, 0.25) is 5.91 Å². The minimum Gasteiger partial charge on any atom is -0.350 e. The summed E-state index contributed by atoms with van der Waals surface area (Å²) in [5.74, 6) is 1.20. The first-order valence-electron chi connectivity index (χ1n) is 12.1. The number of aryl methyl sites for hydroxylation is 1. The Balaban J connectivity index is 1.27. The largest absolute Gasteiger partial charge is 0.350 e. The molecule has 34 heavy (non-hydrogen) atoms. The molecule has 1 fully saturated rings. The van der Waals surface area contributed by atoms with Crippen LogP contribution in [0.3, 0.4) is 0 Å². The Bertz CT molecular complexity index is 1360. The van der Waals surface area contributed by atoms with Gasteiger partial charge in [0.05, 0.1) is 13.0 Å². The van der Waals surface area contributed by atoms with E-state index in [1.807, 2.05) is 61.3 Å². The number of amides is 1. The van der Waals surface area contributed by atoms with Crippen LogP contribution in [0.15, 0.2) is 65.6 Å². The van der Waals surface area contributed by atoms with Crippen LogP contribution in [0, 0.1) is 0 Å². The molecular formula is C27H31N5O2. The fourth-order valence-corrected chi connectivity index (χ4v) is 5.14. The highest BCUT2D eigenvalue weighted by Gasteiger charge is 2.28. The van der Waals surface area contributed by atoms with E-state index in [-0.39, 0.29) is 17.5 Å². The third-order valence-electron chi connectivity index (χ3n) is 6.98. The third-order valence-corrected chi connectivity index (χ3v) is 6.98. The second kappa shape index (κ2) is 9.33. The van der Waals surface area contributed by atoms with E-state index in [9.17, 15) is 9.59 Å². The van der Waals surface area contributed by atoms with Gasteiger partial charge >= 0.3 is 5.69 Å². The van der Waals surface area contributed by atoms with Crippen molar-refractivity contribution in [1.82, 2.24) is 23.8 Å². The summed E-state index contributed by atoms with van der Waals surface area (Å²) < 4.78 is 5.45. The fraction of sp³-hybridized carbons (Fsp3) is 0.370. The lowest BCUT2D eigenvalue weighted by Crippen LogP contribution is -2.39. The van der Waals surface area contributed by atoms with E-state index in [1.165, 1.54) is 0 Å². The predicted molar refractivity (Wildman–Crippen MR) is 133 cm³/mol. The zero-order valence-electron chi connectivity index (χ0n) is 19.9. The summed E-state index contributed by atoms with van der Waals surface area (Å²) in [6.45, 7) is 4.45. The van der Waals surface area contributed by atoms with Crippen molar-refractivity contribution in [2.75, 3.05) is 13.1 Å². The van der Waals surface area contributed by atoms with Gasteiger partial charge < -0.3 is 9.47 Å². The van der Waals surface area contributed by atoms with E-state index in [0.717, 1.165) is 40.7 Å². The van der Waals surface area contributed by atoms with Gasteiger partial charge in [-0.1, -0.05) is 48.5 Å². The van der Waals surface area contributed by atoms with Gasteiger partial charge in [-0.05, 0) is 37.0 Å². The molecule has 2 aromatic carbocycles. The molecular weight excluding hydrogens is 426 g/mol. The summed E-state index contributed by atoms with van der Waals surface area (Å²) in [6, 6.07) is 18.2. The number of aromatic nitrogens is 4. The van der Waals surface area contributed by atoms with Crippen molar-refractivity contribution >= 4 is 16.8 Å². The minimum atomic E-state index is -0.0594. The van der Waals surface area contributed by atoms with Gasteiger partial charge in [-0.25, -0.2) is 9.48 Å². The van der Waals surface area contributed by atoms with Crippen molar-refractivity contribution in [2.24, 2.45) is 7.05 Å². The van der Waals surface area contributed by atoms with Crippen molar-refractivity contribution in [1.29, 1.82) is 0 Å². The second-order valence-electron chi connectivity index (χ2n) is 9.14. The number of nitrogens with zero attached hydrogens (tertiary/aromatic N) is 5. The van der Waals surface area contributed by atoms with Gasteiger partial charge in [-0.3, -0.25) is 9.36 Å². The van der Waals surface area contributed by atoms with Crippen molar-refractivity contribution in [3.63, 3.8) is 0 Å². The summed E-state index contributed by atoms with van der Waals surface area (Å²) in [5, 5.41) is 5.88. The molecule has 2 aromatic heterocycles. The minimum absolute atomic E-state index is 0.0594. The number of hydrogen-bond acceptors (Lipinski definition) is 3. The number of benzene rings is 2. The van der Waals surface area contributed by atoms with Crippen LogP contribution in [-0.2, 0) is 31.4 Å². The number of para-hydroxylation sites is 1. The van der Waals surface area contributed by atoms with Crippen LogP contribution in [0.4, 0.5) is 0 Å². The maximum atomic E-state index is 13.1. The van der Waals surface area contributed by atoms with E-state index >= 15 is 0 Å². The number of carbonyl (C=O) groups is 1. The first kappa shape index (κ1) is 22.2. The SMILES string of the molecule is CCn1c(C2CCN(C(=O)Cc3cn(C)c4ccccc34)CC2)nn(Cc2ccccc2)c1=O. The van der Waals surface area contributed by atoms with Gasteiger partial charge in [-0.15, -0.1) is 0 Å². The number of piperidine rings is 1. The Morgan fingerprint density at radius 1 is 1.03 bits per heavy atom. The predicted octanol–water partition coefficient (Wildman–Crippen LogP) is 3.55. The standard InChI is InChI=1S/C27H31N5O2/c1-3-31-26(28-32(27(31)34)18-20-9-5-4-6-10-20)21-13-15-30(16-14-21)25(33)17-22-19-29(2)24-12-8-7-11-23(22)24/h4-12,19,21H,3,13-18H2,1-2H3. The van der Waals surface area contributed by atoms with Crippen LogP contribution in [0.25, 0.3) is 10.9 Å². The monoisotopic (exact) mass is 457 g/mol. The number of hydrogen-bond donors (Lipinski definition) is 0. The summed E-state index contributed by atoms with van der Waals surface area (Å²) in [5.41, 5.74) is 3.22. The lowest BCUT2D eigenvalue weighted by Gasteiger charge is -2.31. The van der Waals surface area contributed by atoms with E-state index in [0.29, 0.717) is 32.6 Å². The van der Waals surface area contributed by atoms with Crippen LogP contribution in [0.2, 0.25) is 0 Å². The molecule has 1 saturated heterocycles. The molecule has 1 amide bonds. The number of rotatable bonds is 6. The van der Waals surface area contributed by atoms with E-state index in [1.54, 1.807) is 9.25 Å². The summed E-state index contributed by atoms with van der Waals surface area (Å²) >= 11 is 0. The van der Waals surface area contributed by atoms with Crippen LogP contribution < -0.4 is 5.69 Å². The fourth-order valence-electron chi connectivity index (χ4n) is 5.14. The highest BCUT2D eigenvalue weighted by molar-refractivity contribution is 5.89. The van der Waals surface area contributed by atoms with E-state index in [2.05, 4.69) is 22.9 Å². The smallest absolute Gasteiger partial charge is 0.346 e. The Kier molecular flexibility index (Phi) is 6.09. The average Bonchev–Trinajstić information content (AvgIpc) is 3.36. The summed E-state index contributed by atoms with van der Waals surface area (Å²) in [7, 11) is 2.02. The second-order valence-corrected chi connectivity index (χ2v) is 9.14. The summed E-state index contributed by atoms with van der Waals surface area (Å²) in [4.78, 5) is 28.0. The van der Waals surface area contributed by atoms with Gasteiger partial charge in [-0.2, -0.15) is 5.10 Å². The topological polar surface area (TPSA) is 65.1 Å². The number of likely N-dealkylation sites (tertiary alicyclic amines) is 1. The first-order valence-corrected chi connectivity index (χ1v) is 12.1. The Hall–Kier alpha value is -3.61. The Morgan fingerprint density at radius 2 is 1.74 bits per heavy atom. The maximum absolute atomic E-state index is 13.1.